The molecule has 140 valence electrons. The van der Waals surface area contributed by atoms with E-state index in [1.54, 1.807) is 24.3 Å². The molecular weight excluding hydrogens is 366 g/mol. The highest BCUT2D eigenvalue weighted by Gasteiger charge is 2.40. The van der Waals surface area contributed by atoms with Gasteiger partial charge >= 0.3 is 5.97 Å². The molecule has 9 nitrogen and oxygen atoms in total. The van der Waals surface area contributed by atoms with E-state index in [2.05, 4.69) is 0 Å². The summed E-state index contributed by atoms with van der Waals surface area (Å²) in [6.07, 6.45) is -0.270. The molecule has 2 aromatic rings. The van der Waals surface area contributed by atoms with Crippen molar-refractivity contribution >= 4 is 23.5 Å². The second-order valence-corrected chi connectivity index (χ2v) is 5.90. The zero-order valence-corrected chi connectivity index (χ0v) is 14.5. The number of ether oxygens (including phenoxy) is 1. The van der Waals surface area contributed by atoms with Crippen LogP contribution >= 0.6 is 0 Å². The average molecular weight is 379 g/mol. The van der Waals surface area contributed by atoms with E-state index in [9.17, 15) is 24.5 Å². The average Bonchev–Trinajstić information content (AvgIpc) is 2.95. The highest BCUT2D eigenvalue weighted by atomic mass is 16.6. The van der Waals surface area contributed by atoms with Crippen LogP contribution in [0.3, 0.4) is 0 Å². The maximum Gasteiger partial charge on any atom is 0.307 e. The Balaban J connectivity index is 1.64. The molecule has 0 radical (unpaired) electrons. The van der Waals surface area contributed by atoms with Gasteiger partial charge in [0.05, 0.1) is 28.5 Å². The molecular formula is C19H13N3O6. The molecule has 28 heavy (non-hydrogen) atoms. The third kappa shape index (κ3) is 3.43. The van der Waals surface area contributed by atoms with E-state index in [0.717, 1.165) is 11.0 Å². The summed E-state index contributed by atoms with van der Waals surface area (Å²) in [5.41, 5.74) is 0.135. The van der Waals surface area contributed by atoms with Crippen molar-refractivity contribution in [2.75, 3.05) is 6.54 Å². The van der Waals surface area contributed by atoms with E-state index in [4.69, 9.17) is 10.00 Å². The standard InChI is InChI=1S/C19H13N3O6/c20-10-12-4-1-2-5-13(12)11-28-16(23)8-9-21-18(24)14-6-3-7-15(22(26)27)17(14)19(21)25/h1-7H,8-9,11H2. The molecule has 0 spiro atoms. The fourth-order valence-electron chi connectivity index (χ4n) is 2.86. The number of nitriles is 1. The van der Waals surface area contributed by atoms with Crippen molar-refractivity contribution in [3.05, 3.63) is 74.8 Å². The first-order valence-electron chi connectivity index (χ1n) is 8.21. The van der Waals surface area contributed by atoms with Gasteiger partial charge in [-0.25, -0.2) is 0 Å². The quantitative estimate of drug-likeness (QED) is 0.325. The predicted octanol–water partition coefficient (Wildman–Crippen LogP) is 2.20. The molecule has 0 N–H and O–H groups in total. The second kappa shape index (κ2) is 7.67. The van der Waals surface area contributed by atoms with E-state index < -0.39 is 28.4 Å². The molecule has 9 heteroatoms. The largest absolute Gasteiger partial charge is 0.461 e. The van der Waals surface area contributed by atoms with Gasteiger partial charge in [0.15, 0.2) is 0 Å². The number of hydrogen-bond acceptors (Lipinski definition) is 7. The van der Waals surface area contributed by atoms with Crippen molar-refractivity contribution < 1.29 is 24.0 Å². The Morgan fingerprint density at radius 2 is 1.89 bits per heavy atom. The zero-order chi connectivity index (χ0) is 20.3. The maximum atomic E-state index is 12.4. The summed E-state index contributed by atoms with van der Waals surface area (Å²) >= 11 is 0. The van der Waals surface area contributed by atoms with Crippen LogP contribution in [-0.4, -0.2) is 34.2 Å². The Bertz CT molecular complexity index is 1040. The highest BCUT2D eigenvalue weighted by Crippen LogP contribution is 2.30. The minimum Gasteiger partial charge on any atom is -0.461 e. The summed E-state index contributed by atoms with van der Waals surface area (Å²) in [5.74, 6) is -2.17. The number of carbonyl (C=O) groups is 3. The van der Waals surface area contributed by atoms with Gasteiger partial charge in [-0.1, -0.05) is 24.3 Å². The molecule has 0 saturated carbocycles. The molecule has 0 aliphatic carbocycles. The molecule has 0 unspecified atom stereocenters. The lowest BCUT2D eigenvalue weighted by Gasteiger charge is -2.13. The number of carbonyl (C=O) groups excluding carboxylic acids is 3. The van der Waals surface area contributed by atoms with Crippen LogP contribution in [0.25, 0.3) is 0 Å². The number of amides is 2. The third-order valence-corrected chi connectivity index (χ3v) is 4.24. The molecule has 0 saturated heterocycles. The molecule has 0 fully saturated rings. The van der Waals surface area contributed by atoms with E-state index in [-0.39, 0.29) is 30.7 Å². The summed E-state index contributed by atoms with van der Waals surface area (Å²) in [6, 6.07) is 12.4. The van der Waals surface area contributed by atoms with Gasteiger partial charge in [0, 0.05) is 18.2 Å². The number of hydrogen-bond donors (Lipinski definition) is 0. The summed E-state index contributed by atoms with van der Waals surface area (Å²) < 4.78 is 5.09. The summed E-state index contributed by atoms with van der Waals surface area (Å²) in [5, 5.41) is 20.1. The van der Waals surface area contributed by atoms with E-state index >= 15 is 0 Å². The van der Waals surface area contributed by atoms with Crippen LogP contribution in [0.2, 0.25) is 0 Å². The number of esters is 1. The predicted molar refractivity (Wildman–Crippen MR) is 94.0 cm³/mol. The summed E-state index contributed by atoms with van der Waals surface area (Å²) in [4.78, 5) is 47.9. The Morgan fingerprint density at radius 3 is 2.61 bits per heavy atom. The monoisotopic (exact) mass is 379 g/mol. The van der Waals surface area contributed by atoms with Gasteiger partial charge in [-0.15, -0.1) is 0 Å². The number of nitro groups is 1. The number of benzene rings is 2. The molecule has 0 aromatic heterocycles. The van der Waals surface area contributed by atoms with Crippen molar-refractivity contribution in [3.63, 3.8) is 0 Å². The maximum absolute atomic E-state index is 12.4. The first kappa shape index (κ1) is 18.7. The number of fused-ring (bicyclic) bond motifs is 1. The van der Waals surface area contributed by atoms with Gasteiger partial charge in [0.25, 0.3) is 17.5 Å². The molecule has 1 aliphatic heterocycles. The first-order chi connectivity index (χ1) is 13.4. The molecule has 0 atom stereocenters. The van der Waals surface area contributed by atoms with Crippen molar-refractivity contribution in [3.8, 4) is 6.07 Å². The van der Waals surface area contributed by atoms with Gasteiger partial charge in [-0.2, -0.15) is 5.26 Å². The van der Waals surface area contributed by atoms with Gasteiger partial charge in [-0.3, -0.25) is 29.4 Å². The van der Waals surface area contributed by atoms with Crippen LogP contribution in [-0.2, 0) is 16.1 Å². The van der Waals surface area contributed by atoms with Crippen molar-refractivity contribution in [1.29, 1.82) is 5.26 Å². The second-order valence-electron chi connectivity index (χ2n) is 5.90. The van der Waals surface area contributed by atoms with Crippen LogP contribution in [0.4, 0.5) is 5.69 Å². The highest BCUT2D eigenvalue weighted by molar-refractivity contribution is 6.23. The van der Waals surface area contributed by atoms with Crippen LogP contribution in [0, 0.1) is 21.4 Å². The smallest absolute Gasteiger partial charge is 0.307 e. The van der Waals surface area contributed by atoms with Crippen LogP contribution in [0.5, 0.6) is 0 Å². The molecule has 0 bridgehead atoms. The lowest BCUT2D eigenvalue weighted by atomic mass is 10.1. The van der Waals surface area contributed by atoms with Crippen LogP contribution < -0.4 is 0 Å². The lowest BCUT2D eigenvalue weighted by Crippen LogP contribution is -2.32. The Morgan fingerprint density at radius 1 is 1.14 bits per heavy atom. The summed E-state index contributed by atoms with van der Waals surface area (Å²) in [7, 11) is 0. The summed E-state index contributed by atoms with van der Waals surface area (Å²) in [6.45, 7) is -0.377. The fraction of sp³-hybridized carbons (Fsp3) is 0.158. The molecule has 1 aliphatic rings. The van der Waals surface area contributed by atoms with Gasteiger partial charge < -0.3 is 4.74 Å². The SMILES string of the molecule is N#Cc1ccccc1COC(=O)CCN1C(=O)c2cccc([N+](=O)[O-])c2C1=O. The van der Waals surface area contributed by atoms with Crippen molar-refractivity contribution in [2.24, 2.45) is 0 Å². The fourth-order valence-corrected chi connectivity index (χ4v) is 2.86. The Labute approximate surface area is 158 Å². The first-order valence-corrected chi connectivity index (χ1v) is 8.21. The van der Waals surface area contributed by atoms with Gasteiger partial charge in [-0.05, 0) is 12.1 Å². The number of imide groups is 1. The van der Waals surface area contributed by atoms with Crippen molar-refractivity contribution in [1.82, 2.24) is 4.90 Å². The lowest BCUT2D eigenvalue weighted by molar-refractivity contribution is -0.385. The van der Waals surface area contributed by atoms with E-state index in [1.807, 2.05) is 6.07 Å². The Kier molecular flexibility index (Phi) is 5.13. The van der Waals surface area contributed by atoms with Crippen molar-refractivity contribution in [2.45, 2.75) is 13.0 Å². The molecule has 2 amide bonds. The normalized spacial score (nSPS) is 12.5. The Hall–Kier alpha value is -4.06. The number of rotatable bonds is 6. The number of nitro benzene ring substituents is 1. The van der Waals surface area contributed by atoms with Gasteiger partial charge in [0.1, 0.15) is 12.2 Å². The minimum absolute atomic E-state index is 0.0597. The van der Waals surface area contributed by atoms with E-state index in [1.165, 1.54) is 12.1 Å². The topological polar surface area (TPSA) is 131 Å². The molecule has 3 rings (SSSR count). The van der Waals surface area contributed by atoms with E-state index in [0.29, 0.717) is 11.1 Å². The minimum atomic E-state index is -0.810. The molecule has 1 heterocycles. The third-order valence-electron chi connectivity index (χ3n) is 4.24. The molecule has 2 aromatic carbocycles. The van der Waals surface area contributed by atoms with Crippen LogP contribution in [0.1, 0.15) is 38.3 Å². The van der Waals surface area contributed by atoms with Gasteiger partial charge in [0.2, 0.25) is 0 Å². The van der Waals surface area contributed by atoms with Crippen LogP contribution in [0.15, 0.2) is 42.5 Å². The zero-order valence-electron chi connectivity index (χ0n) is 14.5. The number of nitrogens with zero attached hydrogens (tertiary/aromatic N) is 3.